The molecule has 5 heteroatoms. The van der Waals surface area contributed by atoms with Crippen molar-refractivity contribution in [3.63, 3.8) is 0 Å². The number of fused-ring (bicyclic) bond motifs is 1. The van der Waals surface area contributed by atoms with E-state index < -0.39 is 0 Å². The first-order chi connectivity index (χ1) is 12.2. The average molecular weight is 334 g/mol. The van der Waals surface area contributed by atoms with Gasteiger partial charge in [-0.3, -0.25) is 4.79 Å². The fourth-order valence-electron chi connectivity index (χ4n) is 3.17. The van der Waals surface area contributed by atoms with Crippen LogP contribution in [0.5, 0.6) is 0 Å². The molecule has 1 aliphatic carbocycles. The Hall–Kier alpha value is -2.69. The number of hydrogen-bond donors (Lipinski definition) is 2. The van der Waals surface area contributed by atoms with Crippen LogP contribution in [-0.2, 0) is 11.2 Å². The third-order valence-corrected chi connectivity index (χ3v) is 4.74. The summed E-state index contributed by atoms with van der Waals surface area (Å²) in [5, 5.41) is 3.22. The molecule has 1 atom stereocenters. The fourth-order valence-corrected chi connectivity index (χ4v) is 3.17. The van der Waals surface area contributed by atoms with Crippen LogP contribution >= 0.6 is 0 Å². The zero-order valence-corrected chi connectivity index (χ0v) is 14.3. The summed E-state index contributed by atoms with van der Waals surface area (Å²) in [6, 6.07) is 12.4. The Morgan fingerprint density at radius 1 is 1.28 bits per heavy atom. The molecule has 3 aromatic rings. The summed E-state index contributed by atoms with van der Waals surface area (Å²) in [6.07, 6.45) is 5.12. The van der Waals surface area contributed by atoms with Crippen LogP contribution in [0.25, 0.3) is 11.2 Å². The lowest BCUT2D eigenvalue weighted by Gasteiger charge is -2.19. The van der Waals surface area contributed by atoms with Crippen molar-refractivity contribution in [2.45, 2.75) is 38.6 Å². The van der Waals surface area contributed by atoms with Gasteiger partial charge in [0.25, 0.3) is 0 Å². The van der Waals surface area contributed by atoms with Gasteiger partial charge in [0.15, 0.2) is 5.65 Å². The molecule has 128 valence electrons. The van der Waals surface area contributed by atoms with Crippen LogP contribution in [-0.4, -0.2) is 20.9 Å². The van der Waals surface area contributed by atoms with Crippen LogP contribution in [0.1, 0.15) is 42.3 Å². The lowest BCUT2D eigenvalue weighted by Crippen LogP contribution is -2.30. The molecule has 1 fully saturated rings. The van der Waals surface area contributed by atoms with E-state index >= 15 is 0 Å². The van der Waals surface area contributed by atoms with E-state index in [1.165, 1.54) is 24.0 Å². The maximum absolute atomic E-state index is 12.4. The highest BCUT2D eigenvalue weighted by molar-refractivity contribution is 5.77. The lowest BCUT2D eigenvalue weighted by molar-refractivity contribution is -0.122. The van der Waals surface area contributed by atoms with Gasteiger partial charge in [-0.15, -0.1) is 0 Å². The fraction of sp³-hybridized carbons (Fsp3) is 0.350. The van der Waals surface area contributed by atoms with Crippen molar-refractivity contribution in [1.82, 2.24) is 20.3 Å². The van der Waals surface area contributed by atoms with E-state index in [-0.39, 0.29) is 11.9 Å². The van der Waals surface area contributed by atoms with Gasteiger partial charge >= 0.3 is 0 Å². The van der Waals surface area contributed by atoms with E-state index in [4.69, 9.17) is 0 Å². The Bertz CT molecular complexity index is 847. The van der Waals surface area contributed by atoms with Gasteiger partial charge in [-0.25, -0.2) is 9.97 Å². The molecule has 0 radical (unpaired) electrons. The highest BCUT2D eigenvalue weighted by atomic mass is 16.1. The number of aryl methyl sites for hydroxylation is 2. The summed E-state index contributed by atoms with van der Waals surface area (Å²) in [6.45, 7) is 2.08. The minimum absolute atomic E-state index is 0.0749. The zero-order chi connectivity index (χ0) is 17.2. The van der Waals surface area contributed by atoms with Crippen LogP contribution < -0.4 is 5.32 Å². The van der Waals surface area contributed by atoms with Crippen molar-refractivity contribution in [3.05, 3.63) is 59.5 Å². The summed E-state index contributed by atoms with van der Waals surface area (Å²) in [7, 11) is 0. The second-order valence-corrected chi connectivity index (χ2v) is 6.85. The third kappa shape index (κ3) is 3.71. The smallest absolute Gasteiger partial charge is 0.220 e. The van der Waals surface area contributed by atoms with E-state index in [1.807, 2.05) is 12.1 Å². The van der Waals surface area contributed by atoms with Gasteiger partial charge in [-0.05, 0) is 43.4 Å². The zero-order valence-electron chi connectivity index (χ0n) is 14.3. The third-order valence-electron chi connectivity index (χ3n) is 4.74. The highest BCUT2D eigenvalue weighted by Crippen LogP contribution is 2.41. The summed E-state index contributed by atoms with van der Waals surface area (Å²) >= 11 is 0. The molecule has 0 bridgehead atoms. The van der Waals surface area contributed by atoms with Crippen molar-refractivity contribution < 1.29 is 4.79 Å². The van der Waals surface area contributed by atoms with Crippen LogP contribution in [0, 0.1) is 12.8 Å². The maximum Gasteiger partial charge on any atom is 0.220 e. The number of nitrogens with one attached hydrogen (secondary N) is 2. The Morgan fingerprint density at radius 3 is 2.80 bits per heavy atom. The molecule has 2 heterocycles. The SMILES string of the molecule is Cc1ccc([C@H](NC(=O)CCc2nc3ncccc3[nH]2)C2CC2)cc1. The molecule has 1 amide bonds. The molecule has 25 heavy (non-hydrogen) atoms. The van der Waals surface area contributed by atoms with Crippen LogP contribution in [0.3, 0.4) is 0 Å². The number of rotatable bonds is 6. The molecule has 0 aliphatic heterocycles. The molecule has 1 aliphatic rings. The number of carbonyl (C=O) groups excluding carboxylic acids is 1. The molecular formula is C20H22N4O. The largest absolute Gasteiger partial charge is 0.349 e. The van der Waals surface area contributed by atoms with Gasteiger partial charge in [0.1, 0.15) is 5.82 Å². The number of H-pyrrole nitrogens is 1. The molecule has 0 unspecified atom stereocenters. The van der Waals surface area contributed by atoms with Crippen LogP contribution in [0.2, 0.25) is 0 Å². The average Bonchev–Trinajstić information content (AvgIpc) is 3.37. The number of pyridine rings is 1. The molecular weight excluding hydrogens is 312 g/mol. The number of amides is 1. The van der Waals surface area contributed by atoms with Crippen LogP contribution in [0.15, 0.2) is 42.6 Å². The van der Waals surface area contributed by atoms with Crippen molar-refractivity contribution in [1.29, 1.82) is 0 Å². The quantitative estimate of drug-likeness (QED) is 0.725. The standard InChI is InChI=1S/C20H22N4O/c1-13-4-6-14(7-5-13)19(15-8-9-15)24-18(25)11-10-17-22-16-3-2-12-21-20(16)23-17/h2-7,12,15,19H,8-11H2,1H3,(H,24,25)(H,21,22,23)/t19-/m0/s1. The normalized spacial score (nSPS) is 15.2. The molecule has 0 saturated heterocycles. The Kier molecular flexibility index (Phi) is 4.22. The monoisotopic (exact) mass is 334 g/mol. The van der Waals surface area contributed by atoms with Crippen molar-refractivity contribution in [3.8, 4) is 0 Å². The number of nitrogens with zero attached hydrogens (tertiary/aromatic N) is 2. The number of imidazole rings is 1. The van der Waals surface area contributed by atoms with Crippen LogP contribution in [0.4, 0.5) is 0 Å². The van der Waals surface area contributed by atoms with Crippen molar-refractivity contribution in [2.24, 2.45) is 5.92 Å². The first kappa shape index (κ1) is 15.8. The number of aromatic amines is 1. The molecule has 0 spiro atoms. The summed E-state index contributed by atoms with van der Waals surface area (Å²) in [5.41, 5.74) is 4.05. The van der Waals surface area contributed by atoms with E-state index in [0.29, 0.717) is 24.4 Å². The molecule has 1 saturated carbocycles. The highest BCUT2D eigenvalue weighted by Gasteiger charge is 2.33. The van der Waals surface area contributed by atoms with Gasteiger partial charge in [0, 0.05) is 19.0 Å². The molecule has 4 rings (SSSR count). The van der Waals surface area contributed by atoms with E-state index in [2.05, 4.69) is 51.5 Å². The second kappa shape index (κ2) is 6.67. The topological polar surface area (TPSA) is 70.7 Å². The molecule has 5 nitrogen and oxygen atoms in total. The van der Waals surface area contributed by atoms with Crippen molar-refractivity contribution in [2.75, 3.05) is 0 Å². The van der Waals surface area contributed by atoms with Crippen molar-refractivity contribution >= 4 is 17.1 Å². The first-order valence-electron chi connectivity index (χ1n) is 8.84. The summed E-state index contributed by atoms with van der Waals surface area (Å²) < 4.78 is 0. The Morgan fingerprint density at radius 2 is 2.08 bits per heavy atom. The number of benzene rings is 1. The summed E-state index contributed by atoms with van der Waals surface area (Å²) in [5.74, 6) is 1.45. The minimum atomic E-state index is 0.0749. The summed E-state index contributed by atoms with van der Waals surface area (Å²) in [4.78, 5) is 24.3. The second-order valence-electron chi connectivity index (χ2n) is 6.85. The number of hydrogen-bond acceptors (Lipinski definition) is 3. The Labute approximate surface area is 146 Å². The molecule has 2 N–H and O–H groups in total. The van der Waals surface area contributed by atoms with Gasteiger partial charge in [-0.1, -0.05) is 29.8 Å². The van der Waals surface area contributed by atoms with Gasteiger partial charge < -0.3 is 10.3 Å². The molecule has 2 aromatic heterocycles. The van der Waals surface area contributed by atoms with Gasteiger partial charge in [0.05, 0.1) is 11.6 Å². The number of carbonyl (C=O) groups is 1. The van der Waals surface area contributed by atoms with Gasteiger partial charge in [-0.2, -0.15) is 0 Å². The predicted molar refractivity (Wildman–Crippen MR) is 97.0 cm³/mol. The van der Waals surface area contributed by atoms with E-state index in [1.54, 1.807) is 6.20 Å². The maximum atomic E-state index is 12.4. The predicted octanol–water partition coefficient (Wildman–Crippen LogP) is 3.47. The number of aromatic nitrogens is 3. The van der Waals surface area contributed by atoms with E-state index in [0.717, 1.165) is 11.3 Å². The van der Waals surface area contributed by atoms with Gasteiger partial charge in [0.2, 0.25) is 5.91 Å². The molecule has 1 aromatic carbocycles. The first-order valence-corrected chi connectivity index (χ1v) is 8.84. The Balaban J connectivity index is 1.39. The van der Waals surface area contributed by atoms with E-state index in [9.17, 15) is 4.79 Å². The minimum Gasteiger partial charge on any atom is -0.349 e. The lowest BCUT2D eigenvalue weighted by atomic mass is 10.0.